The van der Waals surface area contributed by atoms with Crippen LogP contribution in [0.1, 0.15) is 17.7 Å². The van der Waals surface area contributed by atoms with Crippen molar-refractivity contribution >= 4 is 5.91 Å². The normalized spacial score (nSPS) is 19.6. The molecule has 1 aromatic heterocycles. The SMILES string of the molecule is Cc1cccnc1CC(=O)N1CCC(CO)C1. The summed E-state index contributed by atoms with van der Waals surface area (Å²) in [6.07, 6.45) is 2.99. The lowest BCUT2D eigenvalue weighted by Gasteiger charge is -2.16. The number of likely N-dealkylation sites (tertiary alicyclic amines) is 1. The number of aromatic nitrogens is 1. The Balaban J connectivity index is 1.96. The van der Waals surface area contributed by atoms with Crippen LogP contribution < -0.4 is 0 Å². The minimum Gasteiger partial charge on any atom is -0.396 e. The molecule has 1 aliphatic rings. The fraction of sp³-hybridized carbons (Fsp3) is 0.538. The zero-order valence-electron chi connectivity index (χ0n) is 10.1. The van der Waals surface area contributed by atoms with E-state index in [1.807, 2.05) is 24.0 Å². The summed E-state index contributed by atoms with van der Waals surface area (Å²) < 4.78 is 0. The van der Waals surface area contributed by atoms with Crippen LogP contribution >= 0.6 is 0 Å². The van der Waals surface area contributed by atoms with Gasteiger partial charge in [-0.25, -0.2) is 0 Å². The van der Waals surface area contributed by atoms with Gasteiger partial charge in [0.2, 0.25) is 5.91 Å². The molecule has 1 saturated heterocycles. The van der Waals surface area contributed by atoms with E-state index in [1.165, 1.54) is 0 Å². The van der Waals surface area contributed by atoms with E-state index < -0.39 is 0 Å². The summed E-state index contributed by atoms with van der Waals surface area (Å²) in [6.45, 7) is 3.58. The summed E-state index contributed by atoms with van der Waals surface area (Å²) in [5.41, 5.74) is 1.91. The van der Waals surface area contributed by atoms with Crippen LogP contribution in [0.5, 0.6) is 0 Å². The lowest BCUT2D eigenvalue weighted by atomic mass is 10.1. The van der Waals surface area contributed by atoms with Gasteiger partial charge in [0.15, 0.2) is 0 Å². The maximum absolute atomic E-state index is 12.0. The number of rotatable bonds is 3. The van der Waals surface area contributed by atoms with Crippen molar-refractivity contribution in [1.82, 2.24) is 9.88 Å². The van der Waals surface area contributed by atoms with Crippen LogP contribution in [-0.4, -0.2) is 40.6 Å². The Morgan fingerprint density at radius 3 is 3.12 bits per heavy atom. The summed E-state index contributed by atoms with van der Waals surface area (Å²) in [6, 6.07) is 3.84. The first-order valence-corrected chi connectivity index (χ1v) is 6.00. The fourth-order valence-corrected chi connectivity index (χ4v) is 2.17. The highest BCUT2D eigenvalue weighted by atomic mass is 16.3. The summed E-state index contributed by atoms with van der Waals surface area (Å²) >= 11 is 0. The number of nitrogens with zero attached hydrogens (tertiary/aromatic N) is 2. The van der Waals surface area contributed by atoms with Crippen LogP contribution in [0.25, 0.3) is 0 Å². The minimum absolute atomic E-state index is 0.114. The molecule has 1 aliphatic heterocycles. The average molecular weight is 234 g/mol. The molecule has 2 rings (SSSR count). The standard InChI is InChI=1S/C13H18N2O2/c1-10-3-2-5-14-12(10)7-13(17)15-6-4-11(8-15)9-16/h2-3,5,11,16H,4,6-9H2,1H3. The summed E-state index contributed by atoms with van der Waals surface area (Å²) in [4.78, 5) is 18.1. The molecule has 1 N–H and O–H groups in total. The average Bonchev–Trinajstić information content (AvgIpc) is 2.81. The van der Waals surface area contributed by atoms with Crippen molar-refractivity contribution in [2.75, 3.05) is 19.7 Å². The van der Waals surface area contributed by atoms with Crippen molar-refractivity contribution in [3.05, 3.63) is 29.6 Å². The Bertz CT molecular complexity index is 406. The first-order chi connectivity index (χ1) is 8.20. The lowest BCUT2D eigenvalue weighted by Crippen LogP contribution is -2.30. The molecular formula is C13H18N2O2. The Morgan fingerprint density at radius 2 is 2.47 bits per heavy atom. The van der Waals surface area contributed by atoms with Gasteiger partial charge >= 0.3 is 0 Å². The molecule has 2 heterocycles. The van der Waals surface area contributed by atoms with E-state index in [0.717, 1.165) is 24.2 Å². The van der Waals surface area contributed by atoms with E-state index in [0.29, 0.717) is 13.0 Å². The first kappa shape index (κ1) is 12.0. The summed E-state index contributed by atoms with van der Waals surface area (Å²) in [5.74, 6) is 0.367. The smallest absolute Gasteiger partial charge is 0.228 e. The largest absolute Gasteiger partial charge is 0.396 e. The maximum atomic E-state index is 12.0. The van der Waals surface area contributed by atoms with Gasteiger partial charge in [-0.1, -0.05) is 6.07 Å². The van der Waals surface area contributed by atoms with E-state index in [1.54, 1.807) is 6.20 Å². The van der Waals surface area contributed by atoms with E-state index in [2.05, 4.69) is 4.98 Å². The molecule has 1 atom stereocenters. The number of aryl methyl sites for hydroxylation is 1. The van der Waals surface area contributed by atoms with Crippen LogP contribution in [-0.2, 0) is 11.2 Å². The van der Waals surface area contributed by atoms with E-state index >= 15 is 0 Å². The Kier molecular flexibility index (Phi) is 3.74. The number of carbonyl (C=O) groups is 1. The molecule has 0 saturated carbocycles. The van der Waals surface area contributed by atoms with Gasteiger partial charge in [0, 0.05) is 31.8 Å². The van der Waals surface area contributed by atoms with E-state index in [-0.39, 0.29) is 18.4 Å². The molecular weight excluding hydrogens is 216 g/mol. The zero-order valence-corrected chi connectivity index (χ0v) is 10.1. The van der Waals surface area contributed by atoms with Crippen LogP contribution in [0, 0.1) is 12.8 Å². The van der Waals surface area contributed by atoms with Crippen LogP contribution in [0.2, 0.25) is 0 Å². The van der Waals surface area contributed by atoms with Gasteiger partial charge in [0.1, 0.15) is 0 Å². The summed E-state index contributed by atoms with van der Waals surface area (Å²) in [5, 5.41) is 9.05. The molecule has 1 unspecified atom stereocenters. The number of pyridine rings is 1. The molecule has 0 bridgehead atoms. The van der Waals surface area contributed by atoms with Crippen molar-refractivity contribution in [3.63, 3.8) is 0 Å². The number of hydrogen-bond donors (Lipinski definition) is 1. The Labute approximate surface area is 101 Å². The highest BCUT2D eigenvalue weighted by Gasteiger charge is 2.25. The second-order valence-electron chi connectivity index (χ2n) is 4.62. The monoisotopic (exact) mass is 234 g/mol. The molecule has 0 radical (unpaired) electrons. The van der Waals surface area contributed by atoms with E-state index in [4.69, 9.17) is 5.11 Å². The minimum atomic E-state index is 0.114. The van der Waals surface area contributed by atoms with Crippen LogP contribution in [0.4, 0.5) is 0 Å². The molecule has 0 spiro atoms. The second-order valence-corrected chi connectivity index (χ2v) is 4.62. The van der Waals surface area contributed by atoms with Gasteiger partial charge in [0.05, 0.1) is 12.1 Å². The summed E-state index contributed by atoms with van der Waals surface area (Å²) in [7, 11) is 0. The van der Waals surface area contributed by atoms with Gasteiger partial charge in [-0.05, 0) is 25.0 Å². The third-order valence-electron chi connectivity index (χ3n) is 3.33. The van der Waals surface area contributed by atoms with Crippen LogP contribution in [0.15, 0.2) is 18.3 Å². The van der Waals surface area contributed by atoms with Crippen molar-refractivity contribution in [2.45, 2.75) is 19.8 Å². The Hall–Kier alpha value is -1.42. The molecule has 17 heavy (non-hydrogen) atoms. The lowest BCUT2D eigenvalue weighted by molar-refractivity contribution is -0.129. The highest BCUT2D eigenvalue weighted by molar-refractivity contribution is 5.78. The van der Waals surface area contributed by atoms with Gasteiger partial charge in [-0.2, -0.15) is 0 Å². The molecule has 1 amide bonds. The number of aliphatic hydroxyl groups excluding tert-OH is 1. The molecule has 4 nitrogen and oxygen atoms in total. The fourth-order valence-electron chi connectivity index (χ4n) is 2.17. The first-order valence-electron chi connectivity index (χ1n) is 6.00. The molecule has 0 aromatic carbocycles. The molecule has 4 heteroatoms. The number of carbonyl (C=O) groups excluding carboxylic acids is 1. The predicted molar refractivity (Wildman–Crippen MR) is 64.5 cm³/mol. The highest BCUT2D eigenvalue weighted by Crippen LogP contribution is 2.16. The van der Waals surface area contributed by atoms with Gasteiger partial charge in [-0.15, -0.1) is 0 Å². The van der Waals surface area contributed by atoms with Crippen molar-refractivity contribution in [3.8, 4) is 0 Å². The van der Waals surface area contributed by atoms with Crippen molar-refractivity contribution < 1.29 is 9.90 Å². The third kappa shape index (κ3) is 2.82. The molecule has 1 fully saturated rings. The van der Waals surface area contributed by atoms with Crippen molar-refractivity contribution in [1.29, 1.82) is 0 Å². The third-order valence-corrected chi connectivity index (χ3v) is 3.33. The van der Waals surface area contributed by atoms with Gasteiger partial charge < -0.3 is 10.0 Å². The van der Waals surface area contributed by atoms with Gasteiger partial charge in [0.25, 0.3) is 0 Å². The quantitative estimate of drug-likeness (QED) is 0.840. The van der Waals surface area contributed by atoms with Crippen LogP contribution in [0.3, 0.4) is 0 Å². The molecule has 0 aliphatic carbocycles. The van der Waals surface area contributed by atoms with Crippen molar-refractivity contribution in [2.24, 2.45) is 5.92 Å². The van der Waals surface area contributed by atoms with Gasteiger partial charge in [-0.3, -0.25) is 9.78 Å². The maximum Gasteiger partial charge on any atom is 0.228 e. The molecule has 92 valence electrons. The number of amides is 1. The zero-order chi connectivity index (χ0) is 12.3. The molecule has 1 aromatic rings. The predicted octanol–water partition coefficient (Wildman–Crippen LogP) is 0.773. The Morgan fingerprint density at radius 1 is 1.65 bits per heavy atom. The van der Waals surface area contributed by atoms with E-state index in [9.17, 15) is 4.79 Å². The number of hydrogen-bond acceptors (Lipinski definition) is 3. The second kappa shape index (κ2) is 5.27. The topological polar surface area (TPSA) is 53.4 Å². The number of aliphatic hydroxyl groups is 1.